The Morgan fingerprint density at radius 2 is 2.20 bits per heavy atom. The summed E-state index contributed by atoms with van der Waals surface area (Å²) >= 11 is 5.37. The lowest BCUT2D eigenvalue weighted by Crippen LogP contribution is -3.10. The predicted molar refractivity (Wildman–Crippen MR) is 43.5 cm³/mol. The van der Waals surface area contributed by atoms with Crippen LogP contribution >= 0.6 is 0 Å². The molecule has 0 bridgehead atoms. The molecule has 0 saturated heterocycles. The van der Waals surface area contributed by atoms with Crippen molar-refractivity contribution >= 4 is 12.8 Å². The number of rotatable bonds is 3. The van der Waals surface area contributed by atoms with Crippen LogP contribution in [0.15, 0.2) is 0 Å². The van der Waals surface area contributed by atoms with Gasteiger partial charge in [-0.05, 0) is 6.42 Å². The van der Waals surface area contributed by atoms with Crippen molar-refractivity contribution in [3.63, 3.8) is 0 Å². The van der Waals surface area contributed by atoms with Crippen molar-refractivity contribution in [2.75, 3.05) is 0 Å². The highest BCUT2D eigenvalue weighted by molar-refractivity contribution is 7.51. The molecule has 10 heavy (non-hydrogen) atoms. The van der Waals surface area contributed by atoms with Crippen LogP contribution < -0.4 is 4.31 Å². The van der Waals surface area contributed by atoms with E-state index in [-0.39, 0.29) is 0 Å². The minimum atomic E-state index is 0.868. The third kappa shape index (κ3) is 1.19. The summed E-state index contributed by atoms with van der Waals surface area (Å²) in [5.41, 5.74) is 0. The minimum Gasteiger partial charge on any atom is -0.495 e. The zero-order chi connectivity index (χ0) is 7.14. The topological polar surface area (TPSA) is 4.44 Å². The lowest BCUT2D eigenvalue weighted by molar-refractivity contribution is -0.781. The van der Waals surface area contributed by atoms with Gasteiger partial charge in [-0.3, -0.25) is 0 Å². The molecule has 1 N–H and O–H groups in total. The van der Waals surface area contributed by atoms with Gasteiger partial charge in [0, 0.05) is 25.2 Å². The first kappa shape index (κ1) is 6.99. The Bertz CT molecular complexity index is 133. The molecule has 2 aliphatic rings. The molecule has 2 aliphatic carbocycles. The third-order valence-electron chi connectivity index (χ3n) is 2.79. The summed E-state index contributed by atoms with van der Waals surface area (Å²) in [5, 5.41) is 0. The van der Waals surface area contributed by atoms with E-state index in [4.69, 9.17) is 12.8 Å². The van der Waals surface area contributed by atoms with Gasteiger partial charge in [-0.25, -0.2) is 0 Å². The number of nitrogens with one attached hydrogen (secondary N) is 1. The molecule has 3 atom stereocenters. The fourth-order valence-corrected chi connectivity index (χ4v) is 2.24. The van der Waals surface area contributed by atoms with Crippen molar-refractivity contribution in [1.82, 2.24) is 0 Å². The molecule has 0 aromatic carbocycles. The first-order valence-corrected chi connectivity index (χ1v) is 4.77. The molecule has 0 spiro atoms. The Labute approximate surface area is 68.3 Å². The van der Waals surface area contributed by atoms with Crippen molar-refractivity contribution in [3.05, 3.63) is 0 Å². The fraction of sp³-hybridized carbons (Fsp3) is 1.00. The largest absolute Gasteiger partial charge is 0.495 e. The summed E-state index contributed by atoms with van der Waals surface area (Å²) in [6.45, 7) is 2.28. The van der Waals surface area contributed by atoms with Crippen molar-refractivity contribution in [2.24, 2.45) is 5.92 Å². The van der Waals surface area contributed by atoms with Gasteiger partial charge in [-0.1, -0.05) is 6.92 Å². The van der Waals surface area contributed by atoms with Gasteiger partial charge in [0.1, 0.15) is 0 Å². The summed E-state index contributed by atoms with van der Waals surface area (Å²) in [7, 11) is 0. The van der Waals surface area contributed by atoms with Crippen LogP contribution in [0.5, 0.6) is 0 Å². The maximum atomic E-state index is 5.37. The summed E-state index contributed by atoms with van der Waals surface area (Å²) in [4.78, 5) is 0. The predicted octanol–water partition coefficient (Wildman–Crippen LogP) is 0.294. The van der Waals surface area contributed by atoms with Gasteiger partial charge in [-0.15, -0.1) is 0 Å². The highest BCUT2D eigenvalue weighted by atomic mass is 32.1. The molecule has 0 aromatic heterocycles. The summed E-state index contributed by atoms with van der Waals surface area (Å²) < 4.78 is 1.42. The number of quaternary nitrogens is 1. The molecular weight excluding hydrogens is 142 g/mol. The zero-order valence-electron chi connectivity index (χ0n) is 6.47. The van der Waals surface area contributed by atoms with E-state index in [1.165, 1.54) is 30.0 Å². The molecule has 0 aliphatic heterocycles. The Hall–Kier alpha value is 0.310. The number of hydrogen-bond acceptors (Lipinski definition) is 1. The van der Waals surface area contributed by atoms with Crippen LogP contribution in [0.2, 0.25) is 0 Å². The summed E-state index contributed by atoms with van der Waals surface area (Å²) in [6, 6.07) is 1.74. The number of hydrogen-bond donors (Lipinski definition) is 1. The highest BCUT2D eigenvalue weighted by Crippen LogP contribution is 2.32. The second kappa shape index (κ2) is 2.42. The van der Waals surface area contributed by atoms with E-state index in [0.717, 1.165) is 18.0 Å². The van der Waals surface area contributed by atoms with Crippen LogP contribution in [-0.2, 0) is 12.8 Å². The van der Waals surface area contributed by atoms with Gasteiger partial charge in [0.15, 0.2) is 0 Å². The van der Waals surface area contributed by atoms with E-state index in [0.29, 0.717) is 0 Å². The van der Waals surface area contributed by atoms with E-state index in [1.54, 1.807) is 0 Å². The van der Waals surface area contributed by atoms with Crippen LogP contribution in [0.1, 0.15) is 32.6 Å². The Morgan fingerprint density at radius 1 is 1.50 bits per heavy atom. The van der Waals surface area contributed by atoms with Gasteiger partial charge in [-0.2, -0.15) is 0 Å². The molecule has 0 heterocycles. The monoisotopic (exact) mass is 157 g/mol. The maximum absolute atomic E-state index is 5.37. The Kier molecular flexibility index (Phi) is 1.69. The normalized spacial score (nSPS) is 41.4. The second-order valence-electron chi connectivity index (χ2n) is 3.69. The van der Waals surface area contributed by atoms with Crippen LogP contribution in [0.4, 0.5) is 0 Å². The fourth-order valence-electron chi connectivity index (χ4n) is 1.72. The molecular formula is C8H15NS. The smallest absolute Gasteiger partial charge is 0.0749 e. The first-order chi connectivity index (χ1) is 4.83. The minimum absolute atomic E-state index is 0.868. The van der Waals surface area contributed by atoms with Crippen molar-refractivity contribution in [3.8, 4) is 0 Å². The van der Waals surface area contributed by atoms with Gasteiger partial charge >= 0.3 is 0 Å². The van der Waals surface area contributed by atoms with Crippen LogP contribution in [0, 0.1) is 5.92 Å². The van der Waals surface area contributed by atoms with E-state index in [1.807, 2.05) is 0 Å². The SMILES string of the molecule is CCC1CC1[NH+]([S-])C1CC1. The Balaban J connectivity index is 1.78. The van der Waals surface area contributed by atoms with E-state index in [2.05, 4.69) is 6.92 Å². The van der Waals surface area contributed by atoms with Crippen molar-refractivity contribution in [1.29, 1.82) is 0 Å². The molecule has 1 nitrogen and oxygen atoms in total. The molecule has 2 saturated carbocycles. The third-order valence-corrected chi connectivity index (χ3v) is 3.43. The van der Waals surface area contributed by atoms with E-state index >= 15 is 0 Å². The molecule has 2 fully saturated rings. The molecule has 2 rings (SSSR count). The van der Waals surface area contributed by atoms with Gasteiger partial charge in [0.05, 0.1) is 12.1 Å². The van der Waals surface area contributed by atoms with Crippen LogP contribution in [-0.4, -0.2) is 12.1 Å². The molecule has 0 amide bonds. The van der Waals surface area contributed by atoms with Crippen molar-refractivity contribution < 1.29 is 4.31 Å². The second-order valence-corrected chi connectivity index (χ2v) is 4.16. The molecule has 2 heteroatoms. The molecule has 3 unspecified atom stereocenters. The standard InChI is InChI=1S/C8H15NS/c1-2-6-5-8(6)9(10)7-3-4-7/h6-9H,2-5H2,1H3. The average molecular weight is 157 g/mol. The summed E-state index contributed by atoms with van der Waals surface area (Å²) in [6.07, 6.45) is 5.54. The highest BCUT2D eigenvalue weighted by Gasteiger charge is 2.45. The van der Waals surface area contributed by atoms with Crippen LogP contribution in [0.25, 0.3) is 0 Å². The molecule has 0 aromatic rings. The van der Waals surface area contributed by atoms with Crippen LogP contribution in [0.3, 0.4) is 0 Å². The first-order valence-electron chi connectivity index (χ1n) is 4.36. The molecule has 58 valence electrons. The van der Waals surface area contributed by atoms with Crippen molar-refractivity contribution in [2.45, 2.75) is 44.7 Å². The maximum Gasteiger partial charge on any atom is 0.0749 e. The zero-order valence-corrected chi connectivity index (χ0v) is 7.29. The lowest BCUT2D eigenvalue weighted by Gasteiger charge is -2.23. The van der Waals surface area contributed by atoms with E-state index < -0.39 is 0 Å². The summed E-state index contributed by atoms with van der Waals surface area (Å²) in [5.74, 6) is 0.980. The molecule has 0 radical (unpaired) electrons. The van der Waals surface area contributed by atoms with Gasteiger partial charge < -0.3 is 17.1 Å². The Morgan fingerprint density at radius 3 is 2.60 bits per heavy atom. The van der Waals surface area contributed by atoms with E-state index in [9.17, 15) is 0 Å². The lowest BCUT2D eigenvalue weighted by atomic mass is 10.3. The average Bonchev–Trinajstić information content (AvgIpc) is 2.83. The quantitative estimate of drug-likeness (QED) is 0.577. The van der Waals surface area contributed by atoms with Gasteiger partial charge in [0.2, 0.25) is 0 Å². The van der Waals surface area contributed by atoms with Gasteiger partial charge in [0.25, 0.3) is 0 Å².